The molecule has 6 heteroatoms. The average molecular weight is 231 g/mol. The lowest BCUT2D eigenvalue weighted by Gasteiger charge is -2.33. The van der Waals surface area contributed by atoms with Gasteiger partial charge in [0.1, 0.15) is 5.54 Å². The van der Waals surface area contributed by atoms with Gasteiger partial charge in [0, 0.05) is 7.05 Å². The van der Waals surface area contributed by atoms with Crippen molar-refractivity contribution < 1.29 is 8.42 Å². The minimum Gasteiger partial charge on any atom is -0.205 e. The molecular formula is C9H17N3O2S. The lowest BCUT2D eigenvalue weighted by atomic mass is 9.79. The van der Waals surface area contributed by atoms with Gasteiger partial charge in [-0.05, 0) is 31.6 Å². The maximum atomic E-state index is 11.3. The Kier molecular flexibility index (Phi) is 3.71. The summed E-state index contributed by atoms with van der Waals surface area (Å²) in [6.45, 7) is 2.12. The highest BCUT2D eigenvalue weighted by Gasteiger charge is 2.37. The predicted molar refractivity (Wildman–Crippen MR) is 57.1 cm³/mol. The molecule has 0 aromatic heterocycles. The lowest BCUT2D eigenvalue weighted by molar-refractivity contribution is 0.277. The summed E-state index contributed by atoms with van der Waals surface area (Å²) in [6.07, 6.45) is 2.96. The van der Waals surface area contributed by atoms with Gasteiger partial charge < -0.3 is 0 Å². The fourth-order valence-electron chi connectivity index (χ4n) is 1.80. The van der Waals surface area contributed by atoms with Crippen LogP contribution in [0.25, 0.3) is 0 Å². The van der Waals surface area contributed by atoms with Crippen molar-refractivity contribution in [1.82, 2.24) is 9.44 Å². The van der Waals surface area contributed by atoms with Crippen LogP contribution in [-0.4, -0.2) is 21.0 Å². The standard InChI is InChI=1S/C9H17N3O2S/c1-8-3-5-9(7-10,6-4-8)12-15(13,14)11-2/h8,11-12H,3-6H2,1-2H3. The van der Waals surface area contributed by atoms with E-state index in [0.717, 1.165) is 12.8 Å². The Labute approximate surface area is 91.0 Å². The third-order valence-electron chi connectivity index (χ3n) is 2.94. The summed E-state index contributed by atoms with van der Waals surface area (Å²) in [7, 11) is -2.20. The topological polar surface area (TPSA) is 82.0 Å². The molecule has 1 aliphatic rings. The van der Waals surface area contributed by atoms with Crippen LogP contribution in [-0.2, 0) is 10.2 Å². The molecule has 0 heterocycles. The lowest BCUT2D eigenvalue weighted by Crippen LogP contribution is -2.52. The number of rotatable bonds is 3. The fourth-order valence-corrected chi connectivity index (χ4v) is 2.67. The monoisotopic (exact) mass is 231 g/mol. The first-order valence-corrected chi connectivity index (χ1v) is 6.55. The maximum Gasteiger partial charge on any atom is 0.278 e. The van der Waals surface area contributed by atoms with E-state index < -0.39 is 15.7 Å². The summed E-state index contributed by atoms with van der Waals surface area (Å²) in [5, 5.41) is 9.08. The molecule has 0 amide bonds. The summed E-state index contributed by atoms with van der Waals surface area (Å²) in [6, 6.07) is 2.10. The zero-order valence-corrected chi connectivity index (χ0v) is 9.89. The van der Waals surface area contributed by atoms with E-state index in [9.17, 15) is 8.42 Å². The van der Waals surface area contributed by atoms with E-state index in [4.69, 9.17) is 5.26 Å². The van der Waals surface area contributed by atoms with Crippen molar-refractivity contribution in [3.8, 4) is 6.07 Å². The zero-order chi connectivity index (χ0) is 11.5. The molecule has 1 aliphatic carbocycles. The van der Waals surface area contributed by atoms with E-state index in [-0.39, 0.29) is 0 Å². The van der Waals surface area contributed by atoms with Crippen molar-refractivity contribution in [3.63, 3.8) is 0 Å². The van der Waals surface area contributed by atoms with Crippen molar-refractivity contribution in [2.75, 3.05) is 7.05 Å². The van der Waals surface area contributed by atoms with E-state index in [1.807, 2.05) is 0 Å². The normalized spacial score (nSPS) is 32.2. The second-order valence-electron chi connectivity index (χ2n) is 4.19. The van der Waals surface area contributed by atoms with Gasteiger partial charge in [-0.15, -0.1) is 0 Å². The van der Waals surface area contributed by atoms with Crippen LogP contribution in [0.15, 0.2) is 0 Å². The van der Waals surface area contributed by atoms with Crippen LogP contribution in [0.5, 0.6) is 0 Å². The fraction of sp³-hybridized carbons (Fsp3) is 0.889. The highest BCUT2D eigenvalue weighted by atomic mass is 32.2. The molecule has 0 atom stereocenters. The second-order valence-corrected chi connectivity index (χ2v) is 5.81. The molecular weight excluding hydrogens is 214 g/mol. The third kappa shape index (κ3) is 3.16. The first-order chi connectivity index (χ1) is 6.93. The smallest absolute Gasteiger partial charge is 0.205 e. The Morgan fingerprint density at radius 2 is 1.93 bits per heavy atom. The van der Waals surface area contributed by atoms with Crippen LogP contribution in [0, 0.1) is 17.2 Å². The van der Waals surface area contributed by atoms with Gasteiger partial charge in [0.15, 0.2) is 0 Å². The van der Waals surface area contributed by atoms with E-state index in [1.165, 1.54) is 7.05 Å². The minimum absolute atomic E-state index is 0.575. The Bertz CT molecular complexity index is 350. The molecule has 2 N–H and O–H groups in total. The summed E-state index contributed by atoms with van der Waals surface area (Å²) in [5.41, 5.74) is -0.908. The molecule has 0 aliphatic heterocycles. The Hall–Kier alpha value is -0.640. The van der Waals surface area contributed by atoms with Crippen molar-refractivity contribution >= 4 is 10.2 Å². The van der Waals surface area contributed by atoms with Crippen LogP contribution < -0.4 is 9.44 Å². The molecule has 0 aromatic rings. The van der Waals surface area contributed by atoms with Crippen LogP contribution in [0.2, 0.25) is 0 Å². The number of hydrogen-bond donors (Lipinski definition) is 2. The number of nitrogens with zero attached hydrogens (tertiary/aromatic N) is 1. The predicted octanol–water partition coefficient (Wildman–Crippen LogP) is 0.513. The summed E-state index contributed by atoms with van der Waals surface area (Å²) in [5.74, 6) is 0.575. The van der Waals surface area contributed by atoms with Crippen molar-refractivity contribution in [2.24, 2.45) is 5.92 Å². The zero-order valence-electron chi connectivity index (χ0n) is 9.08. The Morgan fingerprint density at radius 3 is 2.33 bits per heavy atom. The molecule has 1 saturated carbocycles. The first kappa shape index (κ1) is 12.4. The highest BCUT2D eigenvalue weighted by molar-refractivity contribution is 7.87. The van der Waals surface area contributed by atoms with Crippen molar-refractivity contribution in [2.45, 2.75) is 38.1 Å². The van der Waals surface area contributed by atoms with E-state index in [2.05, 4.69) is 22.4 Å². The largest absolute Gasteiger partial charge is 0.278 e. The number of nitrogens with one attached hydrogen (secondary N) is 2. The minimum atomic E-state index is -3.53. The van der Waals surface area contributed by atoms with Gasteiger partial charge in [-0.1, -0.05) is 6.92 Å². The Balaban J connectivity index is 2.76. The summed E-state index contributed by atoms with van der Waals surface area (Å²) in [4.78, 5) is 0. The molecule has 0 aromatic carbocycles. The van der Waals surface area contributed by atoms with Gasteiger partial charge in [0.05, 0.1) is 6.07 Å². The quantitative estimate of drug-likeness (QED) is 0.742. The molecule has 1 fully saturated rings. The number of hydrogen-bond acceptors (Lipinski definition) is 3. The van der Waals surface area contributed by atoms with Gasteiger partial charge in [0.2, 0.25) is 0 Å². The van der Waals surface area contributed by atoms with Crippen molar-refractivity contribution in [1.29, 1.82) is 5.26 Å². The van der Waals surface area contributed by atoms with E-state index in [1.54, 1.807) is 0 Å². The molecule has 0 saturated heterocycles. The molecule has 0 bridgehead atoms. The first-order valence-electron chi connectivity index (χ1n) is 5.07. The van der Waals surface area contributed by atoms with Gasteiger partial charge in [-0.25, -0.2) is 4.72 Å². The SMILES string of the molecule is CNS(=O)(=O)NC1(C#N)CCC(C)CC1. The van der Waals surface area contributed by atoms with Crippen LogP contribution in [0.3, 0.4) is 0 Å². The van der Waals surface area contributed by atoms with Gasteiger partial charge in [-0.2, -0.15) is 18.4 Å². The highest BCUT2D eigenvalue weighted by Crippen LogP contribution is 2.31. The van der Waals surface area contributed by atoms with E-state index >= 15 is 0 Å². The summed E-state index contributed by atoms with van der Waals surface area (Å²) >= 11 is 0. The molecule has 0 radical (unpaired) electrons. The Morgan fingerprint density at radius 1 is 1.40 bits per heavy atom. The van der Waals surface area contributed by atoms with Crippen LogP contribution >= 0.6 is 0 Å². The maximum absolute atomic E-state index is 11.3. The van der Waals surface area contributed by atoms with Crippen LogP contribution in [0.1, 0.15) is 32.6 Å². The molecule has 15 heavy (non-hydrogen) atoms. The molecule has 1 rings (SSSR count). The van der Waals surface area contributed by atoms with Gasteiger partial charge in [-0.3, -0.25) is 0 Å². The average Bonchev–Trinajstić information content (AvgIpc) is 2.22. The van der Waals surface area contributed by atoms with Crippen molar-refractivity contribution in [3.05, 3.63) is 0 Å². The molecule has 86 valence electrons. The second kappa shape index (κ2) is 4.47. The molecule has 5 nitrogen and oxygen atoms in total. The third-order valence-corrected chi connectivity index (χ3v) is 4.14. The molecule has 0 spiro atoms. The van der Waals surface area contributed by atoms with Crippen LogP contribution in [0.4, 0.5) is 0 Å². The number of nitriles is 1. The van der Waals surface area contributed by atoms with Gasteiger partial charge >= 0.3 is 0 Å². The van der Waals surface area contributed by atoms with Gasteiger partial charge in [0.25, 0.3) is 10.2 Å². The summed E-state index contributed by atoms with van der Waals surface area (Å²) < 4.78 is 27.3. The van der Waals surface area contributed by atoms with E-state index in [0.29, 0.717) is 18.8 Å². The molecule has 0 unspecified atom stereocenters.